The minimum atomic E-state index is -0.132. The highest BCUT2D eigenvalue weighted by atomic mass is 35.5. The van der Waals surface area contributed by atoms with Gasteiger partial charge in [-0.1, -0.05) is 47.5 Å². The summed E-state index contributed by atoms with van der Waals surface area (Å²) < 4.78 is 11.6. The predicted octanol–water partition coefficient (Wildman–Crippen LogP) is -0.0860. The van der Waals surface area contributed by atoms with Crippen molar-refractivity contribution in [2.75, 3.05) is 39.5 Å². The normalized spacial score (nSPS) is 15.0. The van der Waals surface area contributed by atoms with Gasteiger partial charge in [0.15, 0.2) is 0 Å². The highest BCUT2D eigenvalue weighted by Crippen LogP contribution is 2.27. The molecule has 2 N–H and O–H groups in total. The van der Waals surface area contributed by atoms with E-state index in [4.69, 9.17) is 32.7 Å². The van der Waals surface area contributed by atoms with Crippen molar-refractivity contribution in [2.24, 2.45) is 0 Å². The molecule has 1 aliphatic rings. The molecular formula is C19H23Cl3N2O2. The summed E-state index contributed by atoms with van der Waals surface area (Å²) in [4.78, 5) is 0. The van der Waals surface area contributed by atoms with Gasteiger partial charge in [-0.05, 0) is 35.4 Å². The van der Waals surface area contributed by atoms with Crippen LogP contribution in [0.15, 0.2) is 48.5 Å². The molecule has 142 valence electrons. The zero-order valence-electron chi connectivity index (χ0n) is 14.4. The van der Waals surface area contributed by atoms with Crippen LogP contribution in [-0.4, -0.2) is 44.5 Å². The number of benzene rings is 2. The topological polar surface area (TPSA) is 38.3 Å². The molecule has 1 heterocycles. The third-order valence-corrected chi connectivity index (χ3v) is 4.68. The van der Waals surface area contributed by atoms with Crippen LogP contribution in [0, 0.1) is 0 Å². The van der Waals surface area contributed by atoms with Crippen LogP contribution >= 0.6 is 23.2 Å². The van der Waals surface area contributed by atoms with E-state index in [0.29, 0.717) is 6.61 Å². The van der Waals surface area contributed by atoms with Crippen molar-refractivity contribution in [1.29, 1.82) is 0 Å². The summed E-state index contributed by atoms with van der Waals surface area (Å²) in [6.07, 6.45) is -0.132. The molecule has 26 heavy (non-hydrogen) atoms. The standard InChI is InChI=1S/C19H22Cl2N2O2.ClH/c20-17-5-1-15(2-6-17)19(16-3-7-18(21)8-4-16)25-12-9-22-23-10-13-24-14-11-23;/h1-8,19,22H,9-14H2;1H. The van der Waals surface area contributed by atoms with Crippen LogP contribution in [0.1, 0.15) is 17.2 Å². The lowest BCUT2D eigenvalue weighted by molar-refractivity contribution is -0.807. The Balaban J connectivity index is 0.00000243. The number of hydrogen-bond donors (Lipinski definition) is 1. The molecule has 3 rings (SSSR count). The van der Waals surface area contributed by atoms with Crippen molar-refractivity contribution in [3.05, 3.63) is 69.7 Å². The smallest absolute Gasteiger partial charge is 0.117 e. The quantitative estimate of drug-likeness (QED) is 0.506. The van der Waals surface area contributed by atoms with Crippen LogP contribution in [0.3, 0.4) is 0 Å². The Labute approximate surface area is 170 Å². The van der Waals surface area contributed by atoms with Gasteiger partial charge in [0.1, 0.15) is 12.6 Å². The van der Waals surface area contributed by atoms with Gasteiger partial charge in [0, 0.05) is 10.0 Å². The van der Waals surface area contributed by atoms with Crippen LogP contribution in [0.5, 0.6) is 0 Å². The zero-order valence-corrected chi connectivity index (χ0v) is 16.7. The molecule has 0 unspecified atom stereocenters. The predicted molar refractivity (Wildman–Crippen MR) is 99.9 cm³/mol. The Morgan fingerprint density at radius 1 is 0.923 bits per heavy atom. The third-order valence-electron chi connectivity index (χ3n) is 4.18. The number of halogens is 3. The van der Waals surface area contributed by atoms with Crippen molar-refractivity contribution in [2.45, 2.75) is 6.10 Å². The fourth-order valence-electron chi connectivity index (χ4n) is 2.84. The van der Waals surface area contributed by atoms with Crippen molar-refractivity contribution >= 4 is 23.2 Å². The maximum atomic E-state index is 6.21. The molecule has 1 aliphatic heterocycles. The average Bonchev–Trinajstić information content (AvgIpc) is 2.65. The first-order valence-corrected chi connectivity index (χ1v) is 9.25. The maximum absolute atomic E-state index is 6.21. The summed E-state index contributed by atoms with van der Waals surface area (Å²) in [5, 5.41) is 3.74. The average molecular weight is 418 g/mol. The van der Waals surface area contributed by atoms with E-state index in [0.717, 1.165) is 54.0 Å². The summed E-state index contributed by atoms with van der Waals surface area (Å²) in [5.41, 5.74) is 4.37. The van der Waals surface area contributed by atoms with Crippen LogP contribution in [0.4, 0.5) is 0 Å². The molecule has 4 nitrogen and oxygen atoms in total. The van der Waals surface area contributed by atoms with E-state index in [9.17, 15) is 0 Å². The highest BCUT2D eigenvalue weighted by Gasteiger charge is 2.17. The van der Waals surface area contributed by atoms with Crippen LogP contribution in [-0.2, 0) is 9.47 Å². The Hall–Kier alpha value is -0.850. The molecule has 0 amide bonds. The summed E-state index contributed by atoms with van der Waals surface area (Å²) in [5.74, 6) is 0. The van der Waals surface area contributed by atoms with Gasteiger partial charge in [-0.15, -0.1) is 0 Å². The molecule has 0 aliphatic carbocycles. The van der Waals surface area contributed by atoms with Crippen molar-refractivity contribution in [3.63, 3.8) is 0 Å². The number of quaternary nitrogens is 1. The molecule has 2 aromatic rings. The molecule has 0 atom stereocenters. The minimum absolute atomic E-state index is 0. The molecule has 2 aromatic carbocycles. The first kappa shape index (κ1) is 21.5. The lowest BCUT2D eigenvalue weighted by Crippen LogP contribution is -3.00. The lowest BCUT2D eigenvalue weighted by atomic mass is 10.0. The van der Waals surface area contributed by atoms with Gasteiger partial charge in [0.2, 0.25) is 0 Å². The number of morpholine rings is 1. The molecule has 0 bridgehead atoms. The van der Waals surface area contributed by atoms with Crippen molar-refractivity contribution < 1.29 is 27.3 Å². The van der Waals surface area contributed by atoms with E-state index in [2.05, 4.69) is 10.4 Å². The van der Waals surface area contributed by atoms with Gasteiger partial charge in [-0.2, -0.15) is 5.01 Å². The van der Waals surface area contributed by atoms with Gasteiger partial charge < -0.3 is 21.9 Å². The summed E-state index contributed by atoms with van der Waals surface area (Å²) in [6, 6.07) is 15.6. The maximum Gasteiger partial charge on any atom is 0.117 e. The van der Waals surface area contributed by atoms with Gasteiger partial charge >= 0.3 is 0 Å². The fourth-order valence-corrected chi connectivity index (χ4v) is 3.09. The first-order chi connectivity index (χ1) is 12.2. The Morgan fingerprint density at radius 3 is 1.92 bits per heavy atom. The Bertz CT molecular complexity index is 601. The number of nitrogens with zero attached hydrogens (tertiary/aromatic N) is 1. The van der Waals surface area contributed by atoms with Gasteiger partial charge in [0.05, 0.1) is 32.9 Å². The number of ether oxygens (including phenoxy) is 2. The molecule has 0 aromatic heterocycles. The van der Waals surface area contributed by atoms with E-state index in [1.807, 2.05) is 48.5 Å². The van der Waals surface area contributed by atoms with Gasteiger partial charge in [-0.3, -0.25) is 5.43 Å². The first-order valence-electron chi connectivity index (χ1n) is 8.50. The Kier molecular flexibility index (Phi) is 9.16. The van der Waals surface area contributed by atoms with E-state index in [1.165, 1.54) is 0 Å². The van der Waals surface area contributed by atoms with E-state index >= 15 is 0 Å². The zero-order chi connectivity index (χ0) is 17.5. The van der Waals surface area contributed by atoms with E-state index < -0.39 is 0 Å². The molecule has 0 saturated carbocycles. The van der Waals surface area contributed by atoms with Gasteiger partial charge in [0.25, 0.3) is 0 Å². The second-order valence-electron chi connectivity index (χ2n) is 5.97. The van der Waals surface area contributed by atoms with E-state index in [-0.39, 0.29) is 18.5 Å². The third kappa shape index (κ3) is 6.39. The summed E-state index contributed by atoms with van der Waals surface area (Å²) in [7, 11) is 0. The van der Waals surface area contributed by atoms with Crippen LogP contribution in [0.2, 0.25) is 10.0 Å². The SMILES string of the molecule is Clc1ccc(C(OCC[NH2+]N2CCOCC2)c2ccc(Cl)cc2)cc1.[Cl-]. The molecule has 0 spiro atoms. The molecule has 1 fully saturated rings. The Morgan fingerprint density at radius 2 is 1.42 bits per heavy atom. The minimum Gasteiger partial charge on any atom is -1.00 e. The van der Waals surface area contributed by atoms with Crippen LogP contribution in [0.25, 0.3) is 0 Å². The second-order valence-corrected chi connectivity index (χ2v) is 6.85. The summed E-state index contributed by atoms with van der Waals surface area (Å²) in [6.45, 7) is 5.03. The van der Waals surface area contributed by atoms with Crippen molar-refractivity contribution in [1.82, 2.24) is 5.01 Å². The fraction of sp³-hybridized carbons (Fsp3) is 0.368. The second kappa shape index (κ2) is 11.1. The summed E-state index contributed by atoms with van der Waals surface area (Å²) >= 11 is 12.0. The van der Waals surface area contributed by atoms with Gasteiger partial charge in [-0.25, -0.2) is 0 Å². The molecular weight excluding hydrogens is 395 g/mol. The molecule has 1 saturated heterocycles. The lowest BCUT2D eigenvalue weighted by Gasteiger charge is -2.24. The van der Waals surface area contributed by atoms with E-state index in [1.54, 1.807) is 0 Å². The monoisotopic (exact) mass is 416 g/mol. The molecule has 0 radical (unpaired) electrons. The number of nitrogens with two attached hydrogens (primary N) is 1. The molecule has 7 heteroatoms. The number of rotatable bonds is 7. The number of hydrogen-bond acceptors (Lipinski definition) is 3. The largest absolute Gasteiger partial charge is 1.00 e. The highest BCUT2D eigenvalue weighted by molar-refractivity contribution is 6.30. The van der Waals surface area contributed by atoms with Crippen LogP contribution < -0.4 is 17.8 Å². The van der Waals surface area contributed by atoms with Crippen molar-refractivity contribution in [3.8, 4) is 0 Å².